The summed E-state index contributed by atoms with van der Waals surface area (Å²) in [5.41, 5.74) is 0. The molecule has 1 atom stereocenters. The van der Waals surface area contributed by atoms with Crippen molar-refractivity contribution in [3.05, 3.63) is 18.3 Å². The van der Waals surface area contributed by atoms with Gasteiger partial charge >= 0.3 is 0 Å². The van der Waals surface area contributed by atoms with Gasteiger partial charge in [0, 0.05) is 33.4 Å². The van der Waals surface area contributed by atoms with Gasteiger partial charge in [-0.1, -0.05) is 0 Å². The number of rotatable bonds is 5. The largest absolute Gasteiger partial charge is 0.384 e. The highest BCUT2D eigenvalue weighted by Crippen LogP contribution is 2.27. The minimum Gasteiger partial charge on any atom is -0.384 e. The van der Waals surface area contributed by atoms with Crippen LogP contribution < -0.4 is 5.32 Å². The summed E-state index contributed by atoms with van der Waals surface area (Å²) in [6, 6.07) is 3.22. The summed E-state index contributed by atoms with van der Waals surface area (Å²) in [7, 11) is -0.178. The van der Waals surface area contributed by atoms with Gasteiger partial charge in [-0.2, -0.15) is 4.31 Å². The van der Waals surface area contributed by atoms with Gasteiger partial charge in [-0.3, -0.25) is 0 Å². The van der Waals surface area contributed by atoms with E-state index in [-0.39, 0.29) is 10.8 Å². The molecule has 19 heavy (non-hydrogen) atoms. The van der Waals surface area contributed by atoms with E-state index in [1.54, 1.807) is 32.5 Å². The summed E-state index contributed by atoms with van der Waals surface area (Å²) in [6.45, 7) is 1.64. The van der Waals surface area contributed by atoms with Gasteiger partial charge in [0.05, 0.1) is 6.61 Å². The first kappa shape index (κ1) is 14.2. The number of nitrogens with one attached hydrogen (secondary N) is 1. The topological polar surface area (TPSA) is 71.5 Å². The maximum atomic E-state index is 12.6. The SMILES string of the molecule is CNc1ncccc1S(=O)(=O)N1CCC(COC)C1. The summed E-state index contributed by atoms with van der Waals surface area (Å²) in [6.07, 6.45) is 2.41. The number of methoxy groups -OCH3 is 1. The van der Waals surface area contributed by atoms with Crippen LogP contribution in [0.25, 0.3) is 0 Å². The Kier molecular flexibility index (Phi) is 4.38. The van der Waals surface area contributed by atoms with Crippen molar-refractivity contribution in [2.24, 2.45) is 5.92 Å². The molecule has 2 heterocycles. The van der Waals surface area contributed by atoms with E-state index in [2.05, 4.69) is 10.3 Å². The van der Waals surface area contributed by atoms with Crippen molar-refractivity contribution >= 4 is 15.8 Å². The fourth-order valence-corrected chi connectivity index (χ4v) is 3.99. The second-order valence-corrected chi connectivity index (χ2v) is 6.48. The Hall–Kier alpha value is -1.18. The number of pyridine rings is 1. The van der Waals surface area contributed by atoms with E-state index in [4.69, 9.17) is 4.74 Å². The van der Waals surface area contributed by atoms with E-state index in [9.17, 15) is 8.42 Å². The molecule has 0 bridgehead atoms. The highest BCUT2D eigenvalue weighted by Gasteiger charge is 2.33. The van der Waals surface area contributed by atoms with E-state index in [1.807, 2.05) is 0 Å². The first-order valence-corrected chi connectivity index (χ1v) is 7.65. The number of hydrogen-bond donors (Lipinski definition) is 1. The lowest BCUT2D eigenvalue weighted by Gasteiger charge is -2.18. The smallest absolute Gasteiger partial charge is 0.246 e. The number of ether oxygens (including phenoxy) is 1. The summed E-state index contributed by atoms with van der Waals surface area (Å²) in [5, 5.41) is 2.82. The van der Waals surface area contributed by atoms with E-state index >= 15 is 0 Å². The lowest BCUT2D eigenvalue weighted by atomic mass is 10.1. The first-order chi connectivity index (χ1) is 9.09. The fourth-order valence-electron chi connectivity index (χ4n) is 2.31. The molecule has 1 aromatic rings. The molecule has 1 saturated heterocycles. The van der Waals surface area contributed by atoms with Crippen LogP contribution in [0.1, 0.15) is 6.42 Å². The van der Waals surface area contributed by atoms with Crippen LogP contribution in [-0.4, -0.2) is 51.6 Å². The highest BCUT2D eigenvalue weighted by atomic mass is 32.2. The van der Waals surface area contributed by atoms with Gasteiger partial charge in [0.1, 0.15) is 10.7 Å². The monoisotopic (exact) mass is 285 g/mol. The van der Waals surface area contributed by atoms with Gasteiger partial charge in [0.25, 0.3) is 0 Å². The summed E-state index contributed by atoms with van der Waals surface area (Å²) >= 11 is 0. The van der Waals surface area contributed by atoms with Gasteiger partial charge in [-0.15, -0.1) is 0 Å². The average molecular weight is 285 g/mol. The molecule has 2 rings (SSSR count). The van der Waals surface area contributed by atoms with Crippen LogP contribution in [0.3, 0.4) is 0 Å². The Labute approximate surface area is 113 Å². The Morgan fingerprint density at radius 2 is 2.37 bits per heavy atom. The number of aromatic nitrogens is 1. The molecule has 0 aliphatic carbocycles. The van der Waals surface area contributed by atoms with Crippen molar-refractivity contribution in [3.63, 3.8) is 0 Å². The maximum absolute atomic E-state index is 12.6. The molecule has 1 unspecified atom stereocenters. The number of anilines is 1. The van der Waals surface area contributed by atoms with Crippen LogP contribution in [0.4, 0.5) is 5.82 Å². The van der Waals surface area contributed by atoms with Gasteiger partial charge in [0.15, 0.2) is 0 Å². The Bertz CT molecular complexity index is 533. The summed E-state index contributed by atoms with van der Waals surface area (Å²) in [5.74, 6) is 0.659. The van der Waals surface area contributed by atoms with Crippen molar-refractivity contribution in [2.45, 2.75) is 11.3 Å². The molecular formula is C12H19N3O3S. The third kappa shape index (κ3) is 2.88. The zero-order valence-corrected chi connectivity index (χ0v) is 12.0. The molecule has 0 amide bonds. The van der Waals surface area contributed by atoms with Crippen LogP contribution >= 0.6 is 0 Å². The normalized spacial score (nSPS) is 20.6. The maximum Gasteiger partial charge on any atom is 0.246 e. The highest BCUT2D eigenvalue weighted by molar-refractivity contribution is 7.89. The first-order valence-electron chi connectivity index (χ1n) is 6.21. The lowest BCUT2D eigenvalue weighted by Crippen LogP contribution is -2.30. The molecule has 1 N–H and O–H groups in total. The molecular weight excluding hydrogens is 266 g/mol. The molecule has 106 valence electrons. The molecule has 7 heteroatoms. The molecule has 0 radical (unpaired) electrons. The van der Waals surface area contributed by atoms with Crippen molar-refractivity contribution in [2.75, 3.05) is 39.2 Å². The van der Waals surface area contributed by atoms with Crippen molar-refractivity contribution in [3.8, 4) is 0 Å². The van der Waals surface area contributed by atoms with Gasteiger partial charge in [-0.25, -0.2) is 13.4 Å². The molecule has 1 aliphatic rings. The predicted octanol–water partition coefficient (Wildman–Crippen LogP) is 0.780. The zero-order valence-electron chi connectivity index (χ0n) is 11.2. The average Bonchev–Trinajstić information content (AvgIpc) is 2.88. The third-order valence-corrected chi connectivity index (χ3v) is 5.17. The molecule has 0 spiro atoms. The van der Waals surface area contributed by atoms with E-state index in [1.165, 1.54) is 4.31 Å². The van der Waals surface area contributed by atoms with E-state index in [0.29, 0.717) is 25.5 Å². The predicted molar refractivity (Wildman–Crippen MR) is 72.5 cm³/mol. The number of sulfonamides is 1. The van der Waals surface area contributed by atoms with Crippen molar-refractivity contribution in [1.29, 1.82) is 0 Å². The Morgan fingerprint density at radius 1 is 1.58 bits per heavy atom. The summed E-state index contributed by atoms with van der Waals surface area (Å²) in [4.78, 5) is 4.28. The van der Waals surface area contributed by atoms with Crippen LogP contribution in [0.15, 0.2) is 23.2 Å². The molecule has 0 aromatic carbocycles. The van der Waals surface area contributed by atoms with E-state index in [0.717, 1.165) is 6.42 Å². The number of hydrogen-bond acceptors (Lipinski definition) is 5. The standard InChI is InChI=1S/C12H19N3O3S/c1-13-12-11(4-3-6-14-12)19(16,17)15-7-5-10(8-15)9-18-2/h3-4,6,10H,5,7-9H2,1-2H3,(H,13,14). The van der Waals surface area contributed by atoms with Gasteiger partial charge in [-0.05, 0) is 24.5 Å². The fraction of sp³-hybridized carbons (Fsp3) is 0.583. The Balaban J connectivity index is 2.24. The van der Waals surface area contributed by atoms with Crippen LogP contribution in [0, 0.1) is 5.92 Å². The zero-order chi connectivity index (χ0) is 13.9. The lowest BCUT2D eigenvalue weighted by molar-refractivity contribution is 0.157. The quantitative estimate of drug-likeness (QED) is 0.865. The second kappa shape index (κ2) is 5.85. The Morgan fingerprint density at radius 3 is 3.05 bits per heavy atom. The third-order valence-electron chi connectivity index (χ3n) is 3.28. The van der Waals surface area contributed by atoms with Crippen LogP contribution in [0.5, 0.6) is 0 Å². The van der Waals surface area contributed by atoms with Crippen molar-refractivity contribution in [1.82, 2.24) is 9.29 Å². The van der Waals surface area contributed by atoms with Gasteiger partial charge < -0.3 is 10.1 Å². The molecule has 6 nitrogen and oxygen atoms in total. The minimum atomic E-state index is -3.48. The number of nitrogens with zero attached hydrogens (tertiary/aromatic N) is 2. The molecule has 1 fully saturated rings. The van der Waals surface area contributed by atoms with Crippen LogP contribution in [0.2, 0.25) is 0 Å². The van der Waals surface area contributed by atoms with Crippen LogP contribution in [-0.2, 0) is 14.8 Å². The summed E-state index contributed by atoms with van der Waals surface area (Å²) < 4.78 is 31.7. The molecule has 1 aromatic heterocycles. The minimum absolute atomic E-state index is 0.232. The molecule has 0 saturated carbocycles. The molecule has 1 aliphatic heterocycles. The van der Waals surface area contributed by atoms with Crippen molar-refractivity contribution < 1.29 is 13.2 Å². The second-order valence-electron chi connectivity index (χ2n) is 4.57. The van der Waals surface area contributed by atoms with E-state index < -0.39 is 10.0 Å². The van der Waals surface area contributed by atoms with Gasteiger partial charge in [0.2, 0.25) is 10.0 Å².